The van der Waals surface area contributed by atoms with Gasteiger partial charge in [-0.2, -0.15) is 12.6 Å². The first-order chi connectivity index (χ1) is 14.9. The number of phenols is 1. The van der Waals surface area contributed by atoms with Crippen LogP contribution in [0.2, 0.25) is 0 Å². The lowest BCUT2D eigenvalue weighted by Crippen LogP contribution is -2.55. The van der Waals surface area contributed by atoms with Crippen LogP contribution in [0.25, 0.3) is 0 Å². The van der Waals surface area contributed by atoms with Crippen LogP contribution < -0.4 is 10.6 Å². The fourth-order valence-corrected chi connectivity index (χ4v) is 3.36. The zero-order valence-corrected chi connectivity index (χ0v) is 20.7. The van der Waals surface area contributed by atoms with Crippen molar-refractivity contribution in [1.29, 1.82) is 0 Å². The molecule has 8 nitrogen and oxygen atoms in total. The lowest BCUT2D eigenvalue weighted by molar-refractivity contribution is -0.144. The van der Waals surface area contributed by atoms with Crippen LogP contribution in [0.4, 0.5) is 4.79 Å². The Morgan fingerprint density at radius 1 is 1.22 bits per heavy atom. The highest BCUT2D eigenvalue weighted by Crippen LogP contribution is 2.27. The number of ether oxygens (including phenoxy) is 1. The lowest BCUT2D eigenvalue weighted by Gasteiger charge is -2.37. The van der Waals surface area contributed by atoms with Crippen LogP contribution in [0.15, 0.2) is 24.3 Å². The van der Waals surface area contributed by atoms with Crippen molar-refractivity contribution in [2.75, 3.05) is 12.3 Å². The molecule has 0 aliphatic carbocycles. The first kappa shape index (κ1) is 27.6. The first-order valence-electron chi connectivity index (χ1n) is 10.9. The zero-order chi connectivity index (χ0) is 24.5. The van der Waals surface area contributed by atoms with Crippen LogP contribution in [0, 0.1) is 0 Å². The van der Waals surface area contributed by atoms with Gasteiger partial charge in [0.25, 0.3) is 0 Å². The van der Waals surface area contributed by atoms with E-state index in [0.29, 0.717) is 12.1 Å². The Morgan fingerprint density at radius 2 is 1.88 bits per heavy atom. The van der Waals surface area contributed by atoms with Gasteiger partial charge in [-0.1, -0.05) is 25.5 Å². The van der Waals surface area contributed by atoms with E-state index in [1.165, 1.54) is 17.0 Å². The maximum atomic E-state index is 13.5. The van der Waals surface area contributed by atoms with Gasteiger partial charge in [0.2, 0.25) is 11.8 Å². The molecule has 1 aromatic carbocycles. The number of nitrogens with one attached hydrogen (secondary N) is 2. The van der Waals surface area contributed by atoms with Crippen LogP contribution >= 0.6 is 12.6 Å². The van der Waals surface area contributed by atoms with Gasteiger partial charge in [-0.15, -0.1) is 0 Å². The summed E-state index contributed by atoms with van der Waals surface area (Å²) >= 11 is 4.24. The summed E-state index contributed by atoms with van der Waals surface area (Å²) in [5, 5.41) is 15.4. The number of thiol groups is 1. The Morgan fingerprint density at radius 3 is 2.38 bits per heavy atom. The molecule has 3 N–H and O–H groups in total. The van der Waals surface area contributed by atoms with Gasteiger partial charge in [-0.05, 0) is 58.7 Å². The molecule has 1 aromatic rings. The number of phenolic OH excluding ortho intramolecular Hbond substituents is 1. The average Bonchev–Trinajstić information content (AvgIpc) is 2.68. The third kappa shape index (κ3) is 8.61. The number of hydrogen-bond donors (Lipinski definition) is 4. The molecule has 9 heteroatoms. The van der Waals surface area contributed by atoms with Crippen molar-refractivity contribution in [3.05, 3.63) is 29.8 Å². The largest absolute Gasteiger partial charge is 0.508 e. The number of aromatic hydroxyl groups is 1. The molecule has 0 aliphatic rings. The minimum absolute atomic E-state index is 0.0114. The summed E-state index contributed by atoms with van der Waals surface area (Å²) in [6.07, 6.45) is 0.967. The van der Waals surface area contributed by atoms with E-state index < -0.39 is 29.7 Å². The van der Waals surface area contributed by atoms with E-state index in [9.17, 15) is 19.5 Å². The fraction of sp³-hybridized carbons (Fsp3) is 0.609. The van der Waals surface area contributed by atoms with Crippen molar-refractivity contribution >= 4 is 30.5 Å². The smallest absolute Gasteiger partial charge is 0.408 e. The number of rotatable bonds is 10. The van der Waals surface area contributed by atoms with Crippen molar-refractivity contribution in [3.63, 3.8) is 0 Å². The quantitative estimate of drug-likeness (QED) is 0.312. The molecule has 0 spiro atoms. The minimum atomic E-state index is -1.00. The standard InChI is InChI=1S/C23H37N3O5S/c1-7-8-12-24-20(28)19(16-10-9-11-17(27)13-16)26(15(2)3)21(29)18(14-32)25-22(30)31-23(4,5)6/h9-11,13,15,18-19,27,32H,7-8,12,14H2,1-6H3,(H,24,28)(H,25,30). The molecular formula is C23H37N3O5S. The normalized spacial score (nSPS) is 13.2. The Labute approximate surface area is 196 Å². The maximum absolute atomic E-state index is 13.5. The number of unbranched alkanes of at least 4 members (excludes halogenated alkanes) is 1. The predicted octanol–water partition coefficient (Wildman–Crippen LogP) is 3.41. The fourth-order valence-electron chi connectivity index (χ4n) is 3.11. The van der Waals surface area contributed by atoms with E-state index in [1.807, 2.05) is 6.92 Å². The van der Waals surface area contributed by atoms with E-state index in [-0.39, 0.29) is 23.5 Å². The molecule has 0 aliphatic heterocycles. The summed E-state index contributed by atoms with van der Waals surface area (Å²) in [7, 11) is 0. The monoisotopic (exact) mass is 467 g/mol. The zero-order valence-electron chi connectivity index (χ0n) is 19.8. The van der Waals surface area contributed by atoms with Gasteiger partial charge >= 0.3 is 6.09 Å². The van der Waals surface area contributed by atoms with Gasteiger partial charge in [0, 0.05) is 18.3 Å². The van der Waals surface area contributed by atoms with Crippen molar-refractivity contribution < 1.29 is 24.2 Å². The molecule has 0 fully saturated rings. The van der Waals surface area contributed by atoms with E-state index in [1.54, 1.807) is 46.8 Å². The summed E-state index contributed by atoms with van der Waals surface area (Å²) < 4.78 is 5.27. The van der Waals surface area contributed by atoms with Gasteiger partial charge in [-0.25, -0.2) is 4.79 Å². The van der Waals surface area contributed by atoms with Crippen LogP contribution in [-0.4, -0.2) is 57.9 Å². The molecule has 0 saturated carbocycles. The summed E-state index contributed by atoms with van der Waals surface area (Å²) in [6, 6.07) is 3.89. The number of hydrogen-bond acceptors (Lipinski definition) is 6. The van der Waals surface area contributed by atoms with Crippen molar-refractivity contribution in [2.45, 2.75) is 78.1 Å². The van der Waals surface area contributed by atoms with E-state index in [0.717, 1.165) is 12.8 Å². The number of amides is 3. The Kier molecular flexibility index (Phi) is 10.9. The Bertz CT molecular complexity index is 779. The Balaban J connectivity index is 3.29. The number of carbonyl (C=O) groups excluding carboxylic acids is 3. The highest BCUT2D eigenvalue weighted by molar-refractivity contribution is 7.80. The van der Waals surface area contributed by atoms with Crippen LogP contribution in [0.3, 0.4) is 0 Å². The van der Waals surface area contributed by atoms with Gasteiger partial charge in [0.1, 0.15) is 23.4 Å². The molecule has 180 valence electrons. The molecule has 0 radical (unpaired) electrons. The molecule has 2 unspecified atom stereocenters. The highest BCUT2D eigenvalue weighted by Gasteiger charge is 2.37. The van der Waals surface area contributed by atoms with Gasteiger partial charge in [-0.3, -0.25) is 9.59 Å². The van der Waals surface area contributed by atoms with Gasteiger partial charge in [0.15, 0.2) is 0 Å². The molecular weight excluding hydrogens is 430 g/mol. The minimum Gasteiger partial charge on any atom is -0.508 e. The predicted molar refractivity (Wildman–Crippen MR) is 128 cm³/mol. The molecule has 1 rings (SSSR count). The highest BCUT2D eigenvalue weighted by atomic mass is 32.1. The number of carbonyl (C=O) groups is 3. The SMILES string of the molecule is CCCCNC(=O)C(c1cccc(O)c1)N(C(=O)C(CS)NC(=O)OC(C)(C)C)C(C)C. The molecule has 0 bridgehead atoms. The molecule has 2 atom stereocenters. The number of nitrogens with zero attached hydrogens (tertiary/aromatic N) is 1. The maximum Gasteiger partial charge on any atom is 0.408 e. The topological polar surface area (TPSA) is 108 Å². The Hall–Kier alpha value is -2.42. The van der Waals surface area contributed by atoms with Crippen LogP contribution in [0.5, 0.6) is 5.75 Å². The van der Waals surface area contributed by atoms with Crippen LogP contribution in [0.1, 0.15) is 66.0 Å². The third-order valence-electron chi connectivity index (χ3n) is 4.52. The second-order valence-corrected chi connectivity index (χ2v) is 9.23. The summed E-state index contributed by atoms with van der Waals surface area (Å²) in [6.45, 7) is 11.2. The summed E-state index contributed by atoms with van der Waals surface area (Å²) in [4.78, 5) is 40.4. The third-order valence-corrected chi connectivity index (χ3v) is 4.89. The van der Waals surface area contributed by atoms with Gasteiger partial charge < -0.3 is 25.4 Å². The number of alkyl carbamates (subject to hydrolysis) is 1. The van der Waals surface area contributed by atoms with Crippen molar-refractivity contribution in [3.8, 4) is 5.75 Å². The van der Waals surface area contributed by atoms with Crippen LogP contribution in [-0.2, 0) is 14.3 Å². The molecule has 0 saturated heterocycles. The van der Waals surface area contributed by atoms with Gasteiger partial charge in [0.05, 0.1) is 0 Å². The molecule has 3 amide bonds. The molecule has 0 aromatic heterocycles. The summed E-state index contributed by atoms with van der Waals surface area (Å²) in [5.74, 6) is -0.824. The lowest BCUT2D eigenvalue weighted by atomic mass is 10.0. The number of benzene rings is 1. The second kappa shape index (κ2) is 12.6. The van der Waals surface area contributed by atoms with E-state index in [4.69, 9.17) is 4.74 Å². The second-order valence-electron chi connectivity index (χ2n) is 8.86. The van der Waals surface area contributed by atoms with Crippen molar-refractivity contribution in [2.24, 2.45) is 0 Å². The summed E-state index contributed by atoms with van der Waals surface area (Å²) in [5.41, 5.74) is -0.258. The van der Waals surface area contributed by atoms with Crippen molar-refractivity contribution in [1.82, 2.24) is 15.5 Å². The van der Waals surface area contributed by atoms with E-state index >= 15 is 0 Å². The average molecular weight is 468 g/mol. The first-order valence-corrected chi connectivity index (χ1v) is 11.5. The van der Waals surface area contributed by atoms with E-state index in [2.05, 4.69) is 23.3 Å². The molecule has 32 heavy (non-hydrogen) atoms. The molecule has 0 heterocycles.